The van der Waals surface area contributed by atoms with Crippen LogP contribution < -0.4 is 4.74 Å². The van der Waals surface area contributed by atoms with Gasteiger partial charge in [-0.2, -0.15) is 0 Å². The van der Waals surface area contributed by atoms with Crippen LogP contribution in [0.3, 0.4) is 0 Å². The SMILES string of the molecule is CC1(C)CC(=O)C2=C(C1)N=C1c3ccccc3C(=O)[C@H]1[C@@H]2c1ccc(Oc2ccccc2)cc1. The highest BCUT2D eigenvalue weighted by Gasteiger charge is 2.50. The fourth-order valence-corrected chi connectivity index (χ4v) is 5.61. The lowest BCUT2D eigenvalue weighted by Gasteiger charge is -2.38. The number of para-hydroxylation sites is 1. The van der Waals surface area contributed by atoms with Gasteiger partial charge in [0.25, 0.3) is 0 Å². The van der Waals surface area contributed by atoms with Gasteiger partial charge < -0.3 is 4.74 Å². The number of aliphatic imine (C=N–C) groups is 1. The van der Waals surface area contributed by atoms with Gasteiger partial charge in [-0.3, -0.25) is 14.6 Å². The van der Waals surface area contributed by atoms with Crippen molar-refractivity contribution in [1.82, 2.24) is 0 Å². The van der Waals surface area contributed by atoms with E-state index in [0.29, 0.717) is 23.3 Å². The summed E-state index contributed by atoms with van der Waals surface area (Å²) in [7, 11) is 0. The fourth-order valence-electron chi connectivity index (χ4n) is 5.61. The van der Waals surface area contributed by atoms with E-state index in [1.54, 1.807) is 0 Å². The molecule has 0 bridgehead atoms. The van der Waals surface area contributed by atoms with Crippen LogP contribution in [0, 0.1) is 11.3 Å². The lowest BCUT2D eigenvalue weighted by Crippen LogP contribution is -2.37. The lowest BCUT2D eigenvalue weighted by atomic mass is 9.66. The first kappa shape index (κ1) is 20.8. The highest BCUT2D eigenvalue weighted by Crippen LogP contribution is 2.51. The quantitative estimate of drug-likeness (QED) is 0.459. The molecule has 3 aromatic carbocycles. The molecule has 1 heterocycles. The molecular weight excluding hydrogens is 422 g/mol. The Balaban J connectivity index is 1.45. The Hall–Kier alpha value is -3.79. The number of nitrogens with zero attached hydrogens (tertiary/aromatic N) is 1. The molecule has 0 fully saturated rings. The zero-order valence-corrected chi connectivity index (χ0v) is 19.2. The Morgan fingerprint density at radius 3 is 2.15 bits per heavy atom. The molecular formula is C30H25NO3. The molecule has 0 aromatic heterocycles. The van der Waals surface area contributed by atoms with E-state index in [2.05, 4.69) is 13.8 Å². The molecule has 0 N–H and O–H groups in total. The second-order valence-corrected chi connectivity index (χ2v) is 10.1. The third kappa shape index (κ3) is 3.33. The minimum absolute atomic E-state index is 0.0492. The summed E-state index contributed by atoms with van der Waals surface area (Å²) in [6.45, 7) is 4.22. The van der Waals surface area contributed by atoms with Gasteiger partial charge in [0.15, 0.2) is 11.6 Å². The van der Waals surface area contributed by atoms with Crippen molar-refractivity contribution in [3.63, 3.8) is 0 Å². The van der Waals surface area contributed by atoms with E-state index in [1.165, 1.54) is 0 Å². The molecule has 0 saturated carbocycles. The number of rotatable bonds is 3. The molecule has 168 valence electrons. The summed E-state index contributed by atoms with van der Waals surface area (Å²) in [4.78, 5) is 32.0. The molecule has 0 unspecified atom stereocenters. The minimum atomic E-state index is -0.470. The van der Waals surface area contributed by atoms with Crippen molar-refractivity contribution >= 4 is 17.3 Å². The smallest absolute Gasteiger partial charge is 0.173 e. The summed E-state index contributed by atoms with van der Waals surface area (Å²) < 4.78 is 5.96. The topological polar surface area (TPSA) is 55.7 Å². The van der Waals surface area contributed by atoms with Crippen LogP contribution in [0.15, 0.2) is 95.1 Å². The first-order chi connectivity index (χ1) is 16.4. The summed E-state index contributed by atoms with van der Waals surface area (Å²) >= 11 is 0. The minimum Gasteiger partial charge on any atom is -0.457 e. The Bertz CT molecular complexity index is 1380. The van der Waals surface area contributed by atoms with Crippen molar-refractivity contribution in [3.8, 4) is 11.5 Å². The maximum absolute atomic E-state index is 13.6. The highest BCUT2D eigenvalue weighted by atomic mass is 16.5. The number of ether oxygens (including phenoxy) is 1. The number of carbonyl (C=O) groups is 2. The molecule has 4 heteroatoms. The molecule has 2 atom stereocenters. The predicted molar refractivity (Wildman–Crippen MR) is 132 cm³/mol. The van der Waals surface area contributed by atoms with E-state index < -0.39 is 5.92 Å². The van der Waals surface area contributed by atoms with Crippen molar-refractivity contribution in [2.45, 2.75) is 32.6 Å². The van der Waals surface area contributed by atoms with Gasteiger partial charge >= 0.3 is 0 Å². The molecule has 0 spiro atoms. The highest BCUT2D eigenvalue weighted by molar-refractivity contribution is 6.30. The number of ketones is 2. The van der Waals surface area contributed by atoms with Crippen LogP contribution in [-0.4, -0.2) is 17.3 Å². The van der Waals surface area contributed by atoms with Gasteiger partial charge in [0.1, 0.15) is 11.5 Å². The molecule has 3 aromatic rings. The first-order valence-electron chi connectivity index (χ1n) is 11.7. The van der Waals surface area contributed by atoms with E-state index in [0.717, 1.165) is 34.7 Å². The Morgan fingerprint density at radius 2 is 1.41 bits per heavy atom. The van der Waals surface area contributed by atoms with Gasteiger partial charge in [-0.15, -0.1) is 0 Å². The second-order valence-electron chi connectivity index (χ2n) is 10.1. The zero-order chi connectivity index (χ0) is 23.4. The molecule has 2 aliphatic carbocycles. The zero-order valence-electron chi connectivity index (χ0n) is 19.2. The number of carbonyl (C=O) groups excluding carboxylic acids is 2. The van der Waals surface area contributed by atoms with E-state index in [4.69, 9.17) is 9.73 Å². The summed E-state index contributed by atoms with van der Waals surface area (Å²) in [6, 6.07) is 25.1. The molecule has 0 saturated heterocycles. The van der Waals surface area contributed by atoms with Crippen molar-refractivity contribution in [3.05, 3.63) is 107 Å². The third-order valence-electron chi connectivity index (χ3n) is 7.06. The normalized spacial score (nSPS) is 22.6. The van der Waals surface area contributed by atoms with Gasteiger partial charge in [0.05, 0.1) is 11.6 Å². The summed E-state index contributed by atoms with van der Waals surface area (Å²) in [6.07, 6.45) is 1.20. The van der Waals surface area contributed by atoms with Crippen LogP contribution >= 0.6 is 0 Å². The average Bonchev–Trinajstić information content (AvgIpc) is 3.10. The lowest BCUT2D eigenvalue weighted by molar-refractivity contribution is -0.118. The number of fused-ring (bicyclic) bond motifs is 3. The molecule has 0 radical (unpaired) electrons. The Morgan fingerprint density at radius 1 is 0.765 bits per heavy atom. The number of Topliss-reactive ketones (excluding diaryl/α,β-unsaturated/α-hetero) is 2. The molecule has 1 aliphatic heterocycles. The van der Waals surface area contributed by atoms with E-state index >= 15 is 0 Å². The monoisotopic (exact) mass is 447 g/mol. The van der Waals surface area contributed by atoms with Crippen LogP contribution in [0.25, 0.3) is 0 Å². The Kier molecular flexibility index (Phi) is 4.66. The van der Waals surface area contributed by atoms with Gasteiger partial charge in [0.2, 0.25) is 0 Å². The summed E-state index contributed by atoms with van der Waals surface area (Å²) in [5, 5.41) is 0. The summed E-state index contributed by atoms with van der Waals surface area (Å²) in [5.41, 5.74) is 4.75. The van der Waals surface area contributed by atoms with Crippen molar-refractivity contribution in [2.24, 2.45) is 16.3 Å². The fraction of sp³-hybridized carbons (Fsp3) is 0.233. The van der Waals surface area contributed by atoms with Gasteiger partial charge in [0, 0.05) is 34.7 Å². The largest absolute Gasteiger partial charge is 0.457 e. The molecule has 6 rings (SSSR count). The van der Waals surface area contributed by atoms with Crippen LogP contribution in [-0.2, 0) is 4.79 Å². The van der Waals surface area contributed by atoms with Crippen LogP contribution in [0.4, 0.5) is 0 Å². The molecule has 4 nitrogen and oxygen atoms in total. The molecule has 34 heavy (non-hydrogen) atoms. The first-order valence-corrected chi connectivity index (χ1v) is 11.7. The summed E-state index contributed by atoms with van der Waals surface area (Å²) in [5.74, 6) is 0.823. The van der Waals surface area contributed by atoms with E-state index in [9.17, 15) is 9.59 Å². The average molecular weight is 448 g/mol. The number of hydrogen-bond acceptors (Lipinski definition) is 4. The van der Waals surface area contributed by atoms with Gasteiger partial charge in [-0.05, 0) is 41.7 Å². The maximum Gasteiger partial charge on any atom is 0.173 e. The molecule has 3 aliphatic rings. The molecule has 0 amide bonds. The van der Waals surface area contributed by atoms with E-state index in [1.807, 2.05) is 78.9 Å². The van der Waals surface area contributed by atoms with Crippen molar-refractivity contribution in [2.75, 3.05) is 0 Å². The van der Waals surface area contributed by atoms with Gasteiger partial charge in [-0.1, -0.05) is 68.4 Å². The van der Waals surface area contributed by atoms with E-state index in [-0.39, 0.29) is 22.9 Å². The van der Waals surface area contributed by atoms with Crippen LogP contribution in [0.2, 0.25) is 0 Å². The Labute approximate surface area is 199 Å². The van der Waals surface area contributed by atoms with Gasteiger partial charge in [-0.25, -0.2) is 0 Å². The van der Waals surface area contributed by atoms with Crippen LogP contribution in [0.5, 0.6) is 11.5 Å². The third-order valence-corrected chi connectivity index (χ3v) is 7.06. The second kappa shape index (κ2) is 7.63. The predicted octanol–water partition coefficient (Wildman–Crippen LogP) is 6.52. The van der Waals surface area contributed by atoms with Crippen LogP contribution in [0.1, 0.15) is 54.1 Å². The number of benzene rings is 3. The maximum atomic E-state index is 13.6. The van der Waals surface area contributed by atoms with Crippen molar-refractivity contribution in [1.29, 1.82) is 0 Å². The number of allylic oxidation sites excluding steroid dienone is 2. The standard InChI is InChI=1S/C30H25NO3/c1-30(2)16-23-26(24(32)17-30)25(27-28(31-23)21-10-6-7-11-22(21)29(27)33)18-12-14-20(15-13-18)34-19-8-4-3-5-9-19/h3-15,25,27H,16-17H2,1-2H3/t25-,27+/m1/s1. The number of hydrogen-bond donors (Lipinski definition) is 0. The van der Waals surface area contributed by atoms with Crippen molar-refractivity contribution < 1.29 is 14.3 Å².